The van der Waals surface area contributed by atoms with Crippen molar-refractivity contribution in [1.82, 2.24) is 9.78 Å². The van der Waals surface area contributed by atoms with Gasteiger partial charge in [0.2, 0.25) is 5.91 Å². The number of carbonyl (C=O) groups is 1. The molecule has 0 bridgehead atoms. The molecule has 2 heterocycles. The second-order valence-corrected chi connectivity index (χ2v) is 7.23. The van der Waals surface area contributed by atoms with Gasteiger partial charge < -0.3 is 5.32 Å². The first-order chi connectivity index (χ1) is 12.5. The molecule has 8 nitrogen and oxygen atoms in total. The lowest BCUT2D eigenvalue weighted by Gasteiger charge is -2.18. The molecule has 0 fully saturated rings. The molecule has 1 aromatic carbocycles. The molecular weight excluding hydrogens is 356 g/mol. The summed E-state index contributed by atoms with van der Waals surface area (Å²) in [6.45, 7) is 4.04. The van der Waals surface area contributed by atoms with E-state index in [0.29, 0.717) is 16.9 Å². The largest absolute Gasteiger partial charge is 0.310 e. The third-order valence-corrected chi connectivity index (χ3v) is 5.83. The number of hydrogen-bond donors (Lipinski definition) is 2. The van der Waals surface area contributed by atoms with Crippen LogP contribution in [0.3, 0.4) is 0 Å². The van der Waals surface area contributed by atoms with Crippen LogP contribution in [0.2, 0.25) is 0 Å². The summed E-state index contributed by atoms with van der Waals surface area (Å²) < 4.78 is 1.73. The zero-order chi connectivity index (χ0) is 18.8. The van der Waals surface area contributed by atoms with Gasteiger partial charge in [-0.3, -0.25) is 29.5 Å². The fraction of sp³-hybridized carbons (Fsp3) is 0.412. The Balaban J connectivity index is 2.16. The highest BCUT2D eigenvalue weighted by molar-refractivity contribution is 8.00. The van der Waals surface area contributed by atoms with E-state index in [2.05, 4.69) is 10.4 Å². The van der Waals surface area contributed by atoms with E-state index in [-0.39, 0.29) is 28.9 Å². The number of nitro groups is 1. The van der Waals surface area contributed by atoms with Gasteiger partial charge in [-0.2, -0.15) is 0 Å². The van der Waals surface area contributed by atoms with Gasteiger partial charge in [0.25, 0.3) is 11.2 Å². The first-order valence-corrected chi connectivity index (χ1v) is 9.51. The van der Waals surface area contributed by atoms with Crippen LogP contribution in [0.5, 0.6) is 0 Å². The minimum atomic E-state index is -0.464. The van der Waals surface area contributed by atoms with Gasteiger partial charge in [-0.1, -0.05) is 26.0 Å². The fourth-order valence-electron chi connectivity index (χ4n) is 3.24. The molecule has 9 heteroatoms. The first-order valence-electron chi connectivity index (χ1n) is 8.46. The third-order valence-electron chi connectivity index (χ3n) is 4.56. The number of nitrogens with zero attached hydrogens (tertiary/aromatic N) is 2. The fourth-order valence-corrected chi connectivity index (χ4v) is 4.35. The van der Waals surface area contributed by atoms with E-state index in [1.165, 1.54) is 23.9 Å². The molecule has 2 aromatic rings. The van der Waals surface area contributed by atoms with Crippen molar-refractivity contribution in [2.45, 2.75) is 38.0 Å². The number of amides is 1. The van der Waals surface area contributed by atoms with Crippen LogP contribution >= 0.6 is 11.8 Å². The van der Waals surface area contributed by atoms with Gasteiger partial charge in [0.05, 0.1) is 27.5 Å². The van der Waals surface area contributed by atoms with Crippen molar-refractivity contribution in [2.75, 3.05) is 11.1 Å². The van der Waals surface area contributed by atoms with Crippen LogP contribution in [0.4, 0.5) is 11.5 Å². The van der Waals surface area contributed by atoms with Crippen LogP contribution < -0.4 is 10.9 Å². The predicted molar refractivity (Wildman–Crippen MR) is 101 cm³/mol. The zero-order valence-electron chi connectivity index (χ0n) is 14.5. The first kappa shape index (κ1) is 18.2. The number of H-pyrrole nitrogens is 1. The number of nitro benzene ring substituents is 1. The van der Waals surface area contributed by atoms with E-state index >= 15 is 0 Å². The molecule has 138 valence electrons. The minimum absolute atomic E-state index is 0.0379. The van der Waals surface area contributed by atoms with Crippen LogP contribution in [-0.4, -0.2) is 26.4 Å². The molecule has 1 atom stereocenters. The number of non-ortho nitro benzene ring substituents is 1. The summed E-state index contributed by atoms with van der Waals surface area (Å²) in [6, 6.07) is 6.28. The van der Waals surface area contributed by atoms with E-state index in [1.807, 2.05) is 13.8 Å². The van der Waals surface area contributed by atoms with Crippen molar-refractivity contribution in [3.63, 3.8) is 0 Å². The average Bonchev–Trinajstić information content (AvgIpc) is 2.82. The summed E-state index contributed by atoms with van der Waals surface area (Å²) in [4.78, 5) is 35.5. The summed E-state index contributed by atoms with van der Waals surface area (Å²) in [7, 11) is 0. The van der Waals surface area contributed by atoms with E-state index < -0.39 is 10.2 Å². The zero-order valence-corrected chi connectivity index (χ0v) is 15.3. The molecule has 1 aliphatic rings. The van der Waals surface area contributed by atoms with Crippen LogP contribution in [0.15, 0.2) is 29.1 Å². The topological polar surface area (TPSA) is 110 Å². The van der Waals surface area contributed by atoms with E-state index in [0.717, 1.165) is 12.8 Å². The second kappa shape index (κ2) is 7.36. The Kier molecular flexibility index (Phi) is 5.17. The smallest absolute Gasteiger partial charge is 0.270 e. The summed E-state index contributed by atoms with van der Waals surface area (Å²) in [5, 5.41) is 16.3. The molecule has 1 aliphatic heterocycles. The van der Waals surface area contributed by atoms with Crippen molar-refractivity contribution in [3.8, 4) is 0 Å². The minimum Gasteiger partial charge on any atom is -0.310 e. The third kappa shape index (κ3) is 3.26. The Morgan fingerprint density at radius 3 is 2.73 bits per heavy atom. The number of thioether (sulfide) groups is 1. The van der Waals surface area contributed by atoms with Crippen LogP contribution in [0.1, 0.15) is 49.1 Å². The van der Waals surface area contributed by atoms with E-state index in [1.54, 1.807) is 16.8 Å². The highest BCUT2D eigenvalue weighted by Crippen LogP contribution is 2.41. The standard InChI is InChI=1S/C17H20N4O4S/c1-3-11(4-2)20-16-14(17(23)19-20)15(26-9-13(22)18-16)10-6-5-7-12(8-10)21(24)25/h5-8,11,15H,3-4,9H2,1-2H3,(H,18,22)(H,19,23)/t15-/m1/s1. The number of carbonyl (C=O) groups excluding carboxylic acids is 1. The van der Waals surface area contributed by atoms with Crippen molar-refractivity contribution < 1.29 is 9.72 Å². The van der Waals surface area contributed by atoms with Gasteiger partial charge in [-0.25, -0.2) is 0 Å². The SMILES string of the molecule is CCC(CC)n1[nH]c(=O)c2c1NC(=O)CS[C@@H]2c1cccc([N+](=O)[O-])c1. The number of anilines is 1. The monoisotopic (exact) mass is 376 g/mol. The molecule has 0 spiro atoms. The van der Waals surface area contributed by atoms with Gasteiger partial charge in [-0.15, -0.1) is 11.8 Å². The van der Waals surface area contributed by atoms with E-state index in [4.69, 9.17) is 0 Å². The van der Waals surface area contributed by atoms with Gasteiger partial charge in [0.1, 0.15) is 5.82 Å². The number of aromatic nitrogens is 2. The Morgan fingerprint density at radius 1 is 1.35 bits per heavy atom. The second-order valence-electron chi connectivity index (χ2n) is 6.13. The molecule has 0 unspecified atom stereocenters. The number of aromatic amines is 1. The molecule has 26 heavy (non-hydrogen) atoms. The summed E-state index contributed by atoms with van der Waals surface area (Å²) in [5.74, 6) is 0.447. The van der Waals surface area contributed by atoms with E-state index in [9.17, 15) is 19.7 Å². The Hall–Kier alpha value is -2.55. The van der Waals surface area contributed by atoms with Crippen molar-refractivity contribution in [1.29, 1.82) is 0 Å². The van der Waals surface area contributed by atoms with Crippen molar-refractivity contribution >= 4 is 29.2 Å². The number of hydrogen-bond acceptors (Lipinski definition) is 5. The maximum atomic E-state index is 12.7. The normalized spacial score (nSPS) is 16.9. The lowest BCUT2D eigenvalue weighted by Crippen LogP contribution is -2.19. The van der Waals surface area contributed by atoms with Gasteiger partial charge in [-0.05, 0) is 18.4 Å². The number of nitrogens with one attached hydrogen (secondary N) is 2. The quantitative estimate of drug-likeness (QED) is 0.615. The number of rotatable bonds is 5. The Bertz CT molecular complexity index is 900. The molecule has 0 saturated carbocycles. The van der Waals surface area contributed by atoms with Gasteiger partial charge in [0, 0.05) is 12.1 Å². The summed E-state index contributed by atoms with van der Waals surface area (Å²) in [5.41, 5.74) is 0.755. The molecule has 1 aromatic heterocycles. The molecular formula is C17H20N4O4S. The van der Waals surface area contributed by atoms with Crippen LogP contribution in [0.25, 0.3) is 0 Å². The molecule has 0 saturated heterocycles. The van der Waals surface area contributed by atoms with Crippen LogP contribution in [-0.2, 0) is 4.79 Å². The van der Waals surface area contributed by atoms with Crippen molar-refractivity contribution in [2.24, 2.45) is 0 Å². The molecule has 3 rings (SSSR count). The average molecular weight is 376 g/mol. The Labute approximate surface area is 154 Å². The molecule has 0 aliphatic carbocycles. The maximum Gasteiger partial charge on any atom is 0.270 e. The number of benzene rings is 1. The number of fused-ring (bicyclic) bond motifs is 1. The van der Waals surface area contributed by atoms with Crippen LogP contribution in [0, 0.1) is 10.1 Å². The predicted octanol–water partition coefficient (Wildman–Crippen LogP) is 3.22. The Morgan fingerprint density at radius 2 is 2.08 bits per heavy atom. The maximum absolute atomic E-state index is 12.7. The molecule has 0 radical (unpaired) electrons. The highest BCUT2D eigenvalue weighted by atomic mass is 32.2. The molecule has 2 N–H and O–H groups in total. The lowest BCUT2D eigenvalue weighted by atomic mass is 10.1. The summed E-state index contributed by atoms with van der Waals surface area (Å²) >= 11 is 1.29. The summed E-state index contributed by atoms with van der Waals surface area (Å²) in [6.07, 6.45) is 1.61. The van der Waals surface area contributed by atoms with Gasteiger partial charge in [0.15, 0.2) is 0 Å². The lowest BCUT2D eigenvalue weighted by molar-refractivity contribution is -0.384. The van der Waals surface area contributed by atoms with Crippen molar-refractivity contribution in [3.05, 3.63) is 55.9 Å². The molecule has 1 amide bonds. The van der Waals surface area contributed by atoms with Gasteiger partial charge >= 0.3 is 0 Å². The highest BCUT2D eigenvalue weighted by Gasteiger charge is 2.32.